The van der Waals surface area contributed by atoms with Crippen LogP contribution in [0.2, 0.25) is 0 Å². The minimum absolute atomic E-state index is 0.129. The molecule has 90 valence electrons. The number of hydrogen-bond donors (Lipinski definition) is 2. The molecule has 0 spiro atoms. The summed E-state index contributed by atoms with van der Waals surface area (Å²) in [7, 11) is 1.54. The topological polar surface area (TPSA) is 82.0 Å². The predicted octanol–water partition coefficient (Wildman–Crippen LogP) is 0.569. The summed E-state index contributed by atoms with van der Waals surface area (Å²) < 4.78 is 0. The molecular weight excluding hydrogens is 206 g/mol. The molecule has 16 heavy (non-hydrogen) atoms. The molecule has 0 aliphatic rings. The van der Waals surface area contributed by atoms with Crippen molar-refractivity contribution in [2.24, 2.45) is 5.41 Å². The Kier molecular flexibility index (Phi) is 6.16. The van der Waals surface area contributed by atoms with Crippen molar-refractivity contribution in [1.82, 2.24) is 10.6 Å². The Morgan fingerprint density at radius 1 is 1.31 bits per heavy atom. The number of carbonyl (C=O) groups excluding carboxylic acids is 2. The van der Waals surface area contributed by atoms with Crippen LogP contribution < -0.4 is 10.6 Å². The van der Waals surface area contributed by atoms with Crippen molar-refractivity contribution in [2.75, 3.05) is 13.6 Å². The van der Waals surface area contributed by atoms with E-state index in [-0.39, 0.29) is 24.8 Å². The average Bonchev–Trinajstić information content (AvgIpc) is 2.31. The molecule has 0 aliphatic heterocycles. The van der Waals surface area contributed by atoms with Crippen molar-refractivity contribution in [1.29, 1.82) is 5.26 Å². The summed E-state index contributed by atoms with van der Waals surface area (Å²) in [5.41, 5.74) is -0.956. The third kappa shape index (κ3) is 3.54. The Balaban J connectivity index is 4.24. The minimum Gasteiger partial charge on any atom is -0.359 e. The average molecular weight is 225 g/mol. The second kappa shape index (κ2) is 6.83. The molecule has 0 fully saturated rings. The number of hydrogen-bond acceptors (Lipinski definition) is 3. The van der Waals surface area contributed by atoms with Crippen molar-refractivity contribution in [3.05, 3.63) is 0 Å². The van der Waals surface area contributed by atoms with Gasteiger partial charge in [-0.05, 0) is 12.8 Å². The van der Waals surface area contributed by atoms with Crippen LogP contribution in [0.3, 0.4) is 0 Å². The largest absolute Gasteiger partial charge is 0.359 e. The predicted molar refractivity (Wildman–Crippen MR) is 60.3 cm³/mol. The molecule has 0 aliphatic carbocycles. The maximum Gasteiger partial charge on any atom is 0.240 e. The highest BCUT2D eigenvalue weighted by Gasteiger charge is 2.34. The minimum atomic E-state index is -0.956. The molecule has 0 heterocycles. The number of amides is 2. The molecule has 2 amide bonds. The SMILES string of the molecule is CCC(C#N)(CC)C(=O)NCCC(=O)NC. The van der Waals surface area contributed by atoms with Crippen molar-refractivity contribution in [3.8, 4) is 6.07 Å². The van der Waals surface area contributed by atoms with Gasteiger partial charge in [0.25, 0.3) is 0 Å². The number of nitriles is 1. The van der Waals surface area contributed by atoms with Gasteiger partial charge in [0, 0.05) is 20.0 Å². The normalized spacial score (nSPS) is 10.4. The molecule has 0 aromatic rings. The van der Waals surface area contributed by atoms with Crippen LogP contribution in [0.5, 0.6) is 0 Å². The van der Waals surface area contributed by atoms with Crippen LogP contribution in [-0.2, 0) is 9.59 Å². The van der Waals surface area contributed by atoms with Crippen molar-refractivity contribution in [3.63, 3.8) is 0 Å². The number of nitrogens with zero attached hydrogens (tertiary/aromatic N) is 1. The van der Waals surface area contributed by atoms with E-state index in [1.165, 1.54) is 0 Å². The van der Waals surface area contributed by atoms with Gasteiger partial charge < -0.3 is 10.6 Å². The summed E-state index contributed by atoms with van der Waals surface area (Å²) in [5.74, 6) is -0.417. The highest BCUT2D eigenvalue weighted by Crippen LogP contribution is 2.25. The summed E-state index contributed by atoms with van der Waals surface area (Å²) in [4.78, 5) is 22.7. The number of carbonyl (C=O) groups is 2. The van der Waals surface area contributed by atoms with E-state index in [0.29, 0.717) is 12.8 Å². The lowest BCUT2D eigenvalue weighted by atomic mass is 9.83. The summed E-state index contributed by atoms with van der Waals surface area (Å²) in [5, 5.41) is 14.1. The van der Waals surface area contributed by atoms with E-state index in [0.717, 1.165) is 0 Å². The quantitative estimate of drug-likeness (QED) is 0.693. The number of rotatable bonds is 6. The molecule has 0 rings (SSSR count). The van der Waals surface area contributed by atoms with E-state index in [9.17, 15) is 9.59 Å². The smallest absolute Gasteiger partial charge is 0.240 e. The fourth-order valence-electron chi connectivity index (χ4n) is 1.36. The van der Waals surface area contributed by atoms with Gasteiger partial charge in [-0.1, -0.05) is 13.8 Å². The van der Waals surface area contributed by atoms with E-state index in [4.69, 9.17) is 5.26 Å². The first-order valence-corrected chi connectivity index (χ1v) is 5.46. The van der Waals surface area contributed by atoms with Crippen molar-refractivity contribution >= 4 is 11.8 Å². The Morgan fingerprint density at radius 2 is 1.88 bits per heavy atom. The first-order chi connectivity index (χ1) is 7.56. The van der Waals surface area contributed by atoms with Crippen LogP contribution in [0, 0.1) is 16.7 Å². The first kappa shape index (κ1) is 14.4. The van der Waals surface area contributed by atoms with Crippen LogP contribution in [0.25, 0.3) is 0 Å². The van der Waals surface area contributed by atoms with E-state index in [1.54, 1.807) is 7.05 Å². The molecule has 0 aromatic heterocycles. The lowest BCUT2D eigenvalue weighted by Crippen LogP contribution is -2.40. The van der Waals surface area contributed by atoms with Crippen LogP contribution in [0.15, 0.2) is 0 Å². The molecule has 5 heteroatoms. The third-order valence-electron chi connectivity index (χ3n) is 2.77. The summed E-state index contributed by atoms with van der Waals surface area (Å²) in [6.45, 7) is 3.89. The lowest BCUT2D eigenvalue weighted by molar-refractivity contribution is -0.128. The van der Waals surface area contributed by atoms with Gasteiger partial charge >= 0.3 is 0 Å². The molecule has 0 atom stereocenters. The first-order valence-electron chi connectivity index (χ1n) is 5.46. The van der Waals surface area contributed by atoms with E-state index in [1.807, 2.05) is 13.8 Å². The fraction of sp³-hybridized carbons (Fsp3) is 0.727. The van der Waals surface area contributed by atoms with E-state index in [2.05, 4.69) is 16.7 Å². The van der Waals surface area contributed by atoms with Gasteiger partial charge in [0.15, 0.2) is 0 Å². The molecule has 2 N–H and O–H groups in total. The zero-order chi connectivity index (χ0) is 12.6. The monoisotopic (exact) mass is 225 g/mol. The maximum absolute atomic E-state index is 11.8. The lowest BCUT2D eigenvalue weighted by Gasteiger charge is -2.21. The molecule has 5 nitrogen and oxygen atoms in total. The summed E-state index contributed by atoms with van der Waals surface area (Å²) in [6.07, 6.45) is 1.19. The van der Waals surface area contributed by atoms with Crippen molar-refractivity contribution in [2.45, 2.75) is 33.1 Å². The Labute approximate surface area is 96.2 Å². The van der Waals surface area contributed by atoms with Gasteiger partial charge in [0.2, 0.25) is 11.8 Å². The van der Waals surface area contributed by atoms with Gasteiger partial charge in [-0.25, -0.2) is 0 Å². The second-order valence-corrected chi connectivity index (χ2v) is 3.58. The van der Waals surface area contributed by atoms with Gasteiger partial charge in [-0.3, -0.25) is 9.59 Å². The van der Waals surface area contributed by atoms with Crippen LogP contribution >= 0.6 is 0 Å². The zero-order valence-electron chi connectivity index (χ0n) is 10.1. The van der Waals surface area contributed by atoms with Crippen LogP contribution in [0.1, 0.15) is 33.1 Å². The molecular formula is C11H19N3O2. The Hall–Kier alpha value is -1.57. The van der Waals surface area contributed by atoms with Crippen molar-refractivity contribution < 1.29 is 9.59 Å². The van der Waals surface area contributed by atoms with Gasteiger partial charge in [0.1, 0.15) is 5.41 Å². The standard InChI is InChI=1S/C11H19N3O2/c1-4-11(5-2,8-12)10(16)14-7-6-9(15)13-3/h4-7H2,1-3H3,(H,13,15)(H,14,16). The molecule has 0 radical (unpaired) electrons. The molecule has 0 saturated carbocycles. The summed E-state index contributed by atoms with van der Waals surface area (Å²) in [6, 6.07) is 2.05. The fourth-order valence-corrected chi connectivity index (χ4v) is 1.36. The van der Waals surface area contributed by atoms with E-state index < -0.39 is 5.41 Å². The van der Waals surface area contributed by atoms with Gasteiger partial charge in [-0.15, -0.1) is 0 Å². The van der Waals surface area contributed by atoms with E-state index >= 15 is 0 Å². The summed E-state index contributed by atoms with van der Waals surface area (Å²) >= 11 is 0. The zero-order valence-corrected chi connectivity index (χ0v) is 10.1. The second-order valence-electron chi connectivity index (χ2n) is 3.58. The maximum atomic E-state index is 11.8. The van der Waals surface area contributed by atoms with Crippen LogP contribution in [-0.4, -0.2) is 25.4 Å². The molecule has 0 aromatic carbocycles. The van der Waals surface area contributed by atoms with Crippen LogP contribution in [0.4, 0.5) is 0 Å². The third-order valence-corrected chi connectivity index (χ3v) is 2.77. The van der Waals surface area contributed by atoms with Gasteiger partial charge in [-0.2, -0.15) is 5.26 Å². The molecule has 0 saturated heterocycles. The molecule has 0 unspecified atom stereocenters. The Morgan fingerprint density at radius 3 is 2.25 bits per heavy atom. The molecule has 0 bridgehead atoms. The highest BCUT2D eigenvalue weighted by molar-refractivity contribution is 5.85. The number of nitrogens with one attached hydrogen (secondary N) is 2. The highest BCUT2D eigenvalue weighted by atomic mass is 16.2. The van der Waals surface area contributed by atoms with Gasteiger partial charge in [0.05, 0.1) is 6.07 Å². The Bertz CT molecular complexity index is 290.